The van der Waals surface area contributed by atoms with Gasteiger partial charge in [0, 0.05) is 5.02 Å². The standard InChI is InChI=1S/C21H13ClO2/c22-16-10-7-14(8-11-16)5-6-15-9-12-18-20(13-15)24-19-4-2-1-3-17(19)21(18)23/h1-13H. The fraction of sp³-hybridized carbons (Fsp3) is 0. The van der Waals surface area contributed by atoms with Gasteiger partial charge in [0.15, 0.2) is 0 Å². The SMILES string of the molecule is O=c1c2ccccc2oc2cc(C=Cc3ccc(Cl)cc3)ccc12. The molecule has 24 heavy (non-hydrogen) atoms. The van der Waals surface area contributed by atoms with Crippen LogP contribution in [0.25, 0.3) is 34.1 Å². The van der Waals surface area contributed by atoms with E-state index >= 15 is 0 Å². The fourth-order valence-corrected chi connectivity index (χ4v) is 2.81. The van der Waals surface area contributed by atoms with Crippen LogP contribution in [0.2, 0.25) is 5.02 Å². The molecule has 3 heteroatoms. The molecule has 1 aromatic heterocycles. The summed E-state index contributed by atoms with van der Waals surface area (Å²) in [6.07, 6.45) is 3.98. The van der Waals surface area contributed by atoms with E-state index in [1.54, 1.807) is 6.07 Å². The van der Waals surface area contributed by atoms with Gasteiger partial charge < -0.3 is 4.42 Å². The molecule has 0 atom stereocenters. The molecule has 116 valence electrons. The number of hydrogen-bond donors (Lipinski definition) is 0. The number of rotatable bonds is 2. The van der Waals surface area contributed by atoms with Crippen molar-refractivity contribution in [3.63, 3.8) is 0 Å². The maximum atomic E-state index is 12.5. The van der Waals surface area contributed by atoms with Crippen molar-refractivity contribution in [1.29, 1.82) is 0 Å². The molecular weight excluding hydrogens is 320 g/mol. The number of para-hydroxylation sites is 1. The van der Waals surface area contributed by atoms with Gasteiger partial charge in [-0.15, -0.1) is 0 Å². The second-order valence-corrected chi connectivity index (χ2v) is 6.00. The summed E-state index contributed by atoms with van der Waals surface area (Å²) in [4.78, 5) is 12.5. The van der Waals surface area contributed by atoms with Crippen LogP contribution < -0.4 is 5.43 Å². The molecule has 0 aliphatic carbocycles. The molecule has 0 radical (unpaired) electrons. The topological polar surface area (TPSA) is 30.2 Å². The van der Waals surface area contributed by atoms with Crippen LogP contribution in [-0.2, 0) is 0 Å². The normalized spacial score (nSPS) is 11.5. The van der Waals surface area contributed by atoms with Gasteiger partial charge in [0.2, 0.25) is 5.43 Å². The van der Waals surface area contributed by atoms with Crippen LogP contribution in [0.1, 0.15) is 11.1 Å². The Morgan fingerprint density at radius 3 is 2.25 bits per heavy atom. The Morgan fingerprint density at radius 1 is 0.750 bits per heavy atom. The van der Waals surface area contributed by atoms with Gasteiger partial charge in [0.25, 0.3) is 0 Å². The summed E-state index contributed by atoms with van der Waals surface area (Å²) < 4.78 is 5.88. The Kier molecular flexibility index (Phi) is 3.68. The van der Waals surface area contributed by atoms with E-state index in [1.807, 2.05) is 72.8 Å². The zero-order valence-electron chi connectivity index (χ0n) is 12.7. The van der Waals surface area contributed by atoms with E-state index in [1.165, 1.54) is 0 Å². The summed E-state index contributed by atoms with van der Waals surface area (Å²) in [5, 5.41) is 1.92. The Bertz CT molecular complexity index is 1120. The largest absolute Gasteiger partial charge is 0.456 e. The first-order chi connectivity index (χ1) is 11.7. The van der Waals surface area contributed by atoms with Gasteiger partial charge in [-0.05, 0) is 47.5 Å². The summed E-state index contributed by atoms with van der Waals surface area (Å²) in [6.45, 7) is 0. The quantitative estimate of drug-likeness (QED) is 0.344. The molecule has 0 amide bonds. The molecular formula is C21H13ClO2. The van der Waals surface area contributed by atoms with Gasteiger partial charge in [-0.1, -0.05) is 54.1 Å². The maximum absolute atomic E-state index is 12.5. The van der Waals surface area contributed by atoms with Gasteiger partial charge in [-0.2, -0.15) is 0 Å². The molecule has 0 saturated heterocycles. The molecule has 0 spiro atoms. The Labute approximate surface area is 143 Å². The van der Waals surface area contributed by atoms with Crippen molar-refractivity contribution in [1.82, 2.24) is 0 Å². The van der Waals surface area contributed by atoms with Crippen molar-refractivity contribution in [3.05, 3.63) is 93.1 Å². The summed E-state index contributed by atoms with van der Waals surface area (Å²) in [5.74, 6) is 0. The molecule has 2 nitrogen and oxygen atoms in total. The predicted molar refractivity (Wildman–Crippen MR) is 100 cm³/mol. The van der Waals surface area contributed by atoms with Gasteiger partial charge >= 0.3 is 0 Å². The number of fused-ring (bicyclic) bond motifs is 2. The van der Waals surface area contributed by atoms with Crippen molar-refractivity contribution in [3.8, 4) is 0 Å². The van der Waals surface area contributed by atoms with Crippen LogP contribution in [0.3, 0.4) is 0 Å². The van der Waals surface area contributed by atoms with E-state index in [2.05, 4.69) is 0 Å². The van der Waals surface area contributed by atoms with Gasteiger partial charge in [-0.3, -0.25) is 4.79 Å². The van der Waals surface area contributed by atoms with Crippen LogP contribution in [-0.4, -0.2) is 0 Å². The third-order valence-electron chi connectivity index (χ3n) is 3.94. The average Bonchev–Trinajstić information content (AvgIpc) is 2.61. The smallest absolute Gasteiger partial charge is 0.200 e. The van der Waals surface area contributed by atoms with Crippen molar-refractivity contribution < 1.29 is 4.42 Å². The molecule has 0 aliphatic rings. The van der Waals surface area contributed by atoms with Crippen LogP contribution >= 0.6 is 11.6 Å². The molecule has 4 aromatic rings. The van der Waals surface area contributed by atoms with E-state index in [0.717, 1.165) is 11.1 Å². The van der Waals surface area contributed by atoms with E-state index in [9.17, 15) is 4.79 Å². The van der Waals surface area contributed by atoms with E-state index in [-0.39, 0.29) is 5.43 Å². The Balaban J connectivity index is 1.79. The number of hydrogen-bond acceptors (Lipinski definition) is 2. The molecule has 0 N–H and O–H groups in total. The summed E-state index contributed by atoms with van der Waals surface area (Å²) >= 11 is 5.89. The van der Waals surface area contributed by atoms with Gasteiger partial charge in [-0.25, -0.2) is 0 Å². The minimum atomic E-state index is 0.0000749. The van der Waals surface area contributed by atoms with Gasteiger partial charge in [0.05, 0.1) is 10.8 Å². The molecule has 0 saturated carbocycles. The highest BCUT2D eigenvalue weighted by Crippen LogP contribution is 2.21. The third-order valence-corrected chi connectivity index (χ3v) is 4.19. The van der Waals surface area contributed by atoms with Crippen molar-refractivity contribution in [2.75, 3.05) is 0 Å². The Morgan fingerprint density at radius 2 is 1.42 bits per heavy atom. The number of halogens is 1. The van der Waals surface area contributed by atoms with Crippen LogP contribution in [0.15, 0.2) is 75.9 Å². The van der Waals surface area contributed by atoms with E-state index in [4.69, 9.17) is 16.0 Å². The van der Waals surface area contributed by atoms with Gasteiger partial charge in [0.1, 0.15) is 11.2 Å². The minimum absolute atomic E-state index is 0.0000749. The van der Waals surface area contributed by atoms with E-state index in [0.29, 0.717) is 27.0 Å². The number of benzene rings is 3. The molecule has 0 unspecified atom stereocenters. The highest BCUT2D eigenvalue weighted by atomic mass is 35.5. The first kappa shape index (κ1) is 14.7. The van der Waals surface area contributed by atoms with Crippen LogP contribution in [0.4, 0.5) is 0 Å². The van der Waals surface area contributed by atoms with Crippen molar-refractivity contribution >= 4 is 45.7 Å². The highest BCUT2D eigenvalue weighted by Gasteiger charge is 2.06. The summed E-state index contributed by atoms with van der Waals surface area (Å²) in [6, 6.07) is 20.5. The average molecular weight is 333 g/mol. The second kappa shape index (κ2) is 5.99. The van der Waals surface area contributed by atoms with Crippen molar-refractivity contribution in [2.24, 2.45) is 0 Å². The monoisotopic (exact) mass is 332 g/mol. The lowest BCUT2D eigenvalue weighted by atomic mass is 10.1. The zero-order valence-corrected chi connectivity index (χ0v) is 13.5. The summed E-state index contributed by atoms with van der Waals surface area (Å²) in [7, 11) is 0. The van der Waals surface area contributed by atoms with Crippen LogP contribution in [0, 0.1) is 0 Å². The summed E-state index contributed by atoms with van der Waals surface area (Å²) in [5.41, 5.74) is 3.22. The second-order valence-electron chi connectivity index (χ2n) is 5.57. The third kappa shape index (κ3) is 2.72. The highest BCUT2D eigenvalue weighted by molar-refractivity contribution is 6.30. The molecule has 0 aliphatic heterocycles. The molecule has 3 aromatic carbocycles. The fourth-order valence-electron chi connectivity index (χ4n) is 2.69. The first-order valence-corrected chi connectivity index (χ1v) is 7.98. The lowest BCUT2D eigenvalue weighted by molar-refractivity contribution is 0.660. The minimum Gasteiger partial charge on any atom is -0.456 e. The van der Waals surface area contributed by atoms with E-state index < -0.39 is 0 Å². The van der Waals surface area contributed by atoms with Crippen molar-refractivity contribution in [2.45, 2.75) is 0 Å². The zero-order chi connectivity index (χ0) is 16.5. The molecule has 1 heterocycles. The molecule has 0 fully saturated rings. The van der Waals surface area contributed by atoms with Crippen LogP contribution in [0.5, 0.6) is 0 Å². The first-order valence-electron chi connectivity index (χ1n) is 7.60. The predicted octanol–water partition coefficient (Wildman–Crippen LogP) is 5.77. The molecule has 4 rings (SSSR count). The molecule has 0 bridgehead atoms. The Hall–Kier alpha value is -2.84. The maximum Gasteiger partial charge on any atom is 0.200 e. The lowest BCUT2D eigenvalue weighted by Gasteiger charge is -2.02. The lowest BCUT2D eigenvalue weighted by Crippen LogP contribution is -2.01.